The van der Waals surface area contributed by atoms with Crippen LogP contribution < -0.4 is 16.0 Å². The topological polar surface area (TPSA) is 103 Å². The largest absolute Gasteiger partial charge is 0.478 e. The molecule has 0 radical (unpaired) electrons. The highest BCUT2D eigenvalue weighted by molar-refractivity contribution is 6.33. The van der Waals surface area contributed by atoms with Crippen molar-refractivity contribution in [3.63, 3.8) is 0 Å². The predicted molar refractivity (Wildman–Crippen MR) is 73.2 cm³/mol. The highest BCUT2D eigenvalue weighted by Gasteiger charge is 2.14. The van der Waals surface area contributed by atoms with Crippen molar-refractivity contribution in [3.8, 4) is 11.6 Å². The van der Waals surface area contributed by atoms with Crippen molar-refractivity contribution in [2.24, 2.45) is 14.1 Å². The molecule has 0 aliphatic rings. The van der Waals surface area contributed by atoms with Crippen LogP contribution in [0.15, 0.2) is 27.8 Å². The molecular formula is C12H10ClN3O5. The maximum absolute atomic E-state index is 11.9. The third kappa shape index (κ3) is 2.79. The van der Waals surface area contributed by atoms with Crippen LogP contribution in [0.2, 0.25) is 5.02 Å². The fourth-order valence-corrected chi connectivity index (χ4v) is 1.78. The van der Waals surface area contributed by atoms with E-state index in [-0.39, 0.29) is 22.2 Å². The number of ether oxygens (including phenoxy) is 1. The first-order valence-electron chi connectivity index (χ1n) is 5.66. The Kier molecular flexibility index (Phi) is 3.81. The van der Waals surface area contributed by atoms with E-state index in [0.717, 1.165) is 15.3 Å². The zero-order chi connectivity index (χ0) is 15.7. The fraction of sp³-hybridized carbons (Fsp3) is 0.167. The van der Waals surface area contributed by atoms with Crippen molar-refractivity contribution < 1.29 is 14.6 Å². The Bertz CT molecular complexity index is 840. The molecule has 0 bridgehead atoms. The molecule has 0 amide bonds. The number of nitrogens with zero attached hydrogens (tertiary/aromatic N) is 3. The normalized spacial score (nSPS) is 10.4. The number of aromatic nitrogens is 3. The Morgan fingerprint density at radius 3 is 2.62 bits per heavy atom. The van der Waals surface area contributed by atoms with Gasteiger partial charge in [0.25, 0.3) is 0 Å². The lowest BCUT2D eigenvalue weighted by Crippen LogP contribution is -2.38. The van der Waals surface area contributed by atoms with Gasteiger partial charge in [-0.3, -0.25) is 9.36 Å². The van der Waals surface area contributed by atoms with Crippen molar-refractivity contribution in [1.29, 1.82) is 0 Å². The second-order valence-corrected chi connectivity index (χ2v) is 4.53. The Morgan fingerprint density at radius 2 is 2.00 bits per heavy atom. The molecule has 0 unspecified atom stereocenters. The SMILES string of the molecule is Cn1nc(Oc2ccc(Cl)c(C(=O)O)c2)c(=O)n(C)c1=O. The van der Waals surface area contributed by atoms with Crippen molar-refractivity contribution in [2.75, 3.05) is 0 Å². The highest BCUT2D eigenvalue weighted by Crippen LogP contribution is 2.24. The van der Waals surface area contributed by atoms with Gasteiger partial charge >= 0.3 is 23.1 Å². The number of aromatic carboxylic acids is 1. The molecule has 8 nitrogen and oxygen atoms in total. The molecule has 2 aromatic rings. The summed E-state index contributed by atoms with van der Waals surface area (Å²) >= 11 is 5.73. The van der Waals surface area contributed by atoms with Crippen molar-refractivity contribution in [1.82, 2.24) is 14.3 Å². The van der Waals surface area contributed by atoms with E-state index in [1.165, 1.54) is 26.2 Å². The molecule has 0 fully saturated rings. The summed E-state index contributed by atoms with van der Waals surface area (Å²) < 4.78 is 7.01. The van der Waals surface area contributed by atoms with E-state index in [1.807, 2.05) is 0 Å². The van der Waals surface area contributed by atoms with Crippen molar-refractivity contribution >= 4 is 17.6 Å². The molecule has 0 saturated heterocycles. The Hall–Kier alpha value is -2.61. The van der Waals surface area contributed by atoms with E-state index in [4.69, 9.17) is 21.4 Å². The maximum Gasteiger partial charge on any atom is 0.347 e. The van der Waals surface area contributed by atoms with Crippen LogP contribution in [0, 0.1) is 0 Å². The fourth-order valence-electron chi connectivity index (χ4n) is 1.58. The summed E-state index contributed by atoms with van der Waals surface area (Å²) in [4.78, 5) is 34.3. The summed E-state index contributed by atoms with van der Waals surface area (Å²) in [6.45, 7) is 0. The van der Waals surface area contributed by atoms with Gasteiger partial charge in [0.1, 0.15) is 5.75 Å². The van der Waals surface area contributed by atoms with E-state index in [1.54, 1.807) is 0 Å². The second kappa shape index (κ2) is 5.41. The van der Waals surface area contributed by atoms with Gasteiger partial charge in [-0.1, -0.05) is 11.6 Å². The monoisotopic (exact) mass is 311 g/mol. The molecule has 1 aromatic carbocycles. The molecule has 0 spiro atoms. The Balaban J connectivity index is 2.49. The number of benzene rings is 1. The van der Waals surface area contributed by atoms with Crippen LogP contribution in [0.1, 0.15) is 10.4 Å². The van der Waals surface area contributed by atoms with Crippen LogP contribution in [-0.4, -0.2) is 25.4 Å². The first-order valence-corrected chi connectivity index (χ1v) is 6.04. The zero-order valence-corrected chi connectivity index (χ0v) is 11.8. The average molecular weight is 312 g/mol. The maximum atomic E-state index is 11.9. The lowest BCUT2D eigenvalue weighted by atomic mass is 10.2. The van der Waals surface area contributed by atoms with E-state index in [2.05, 4.69) is 5.10 Å². The summed E-state index contributed by atoms with van der Waals surface area (Å²) in [5.41, 5.74) is -1.50. The second-order valence-electron chi connectivity index (χ2n) is 4.12. The first kappa shape index (κ1) is 14.8. The third-order valence-electron chi connectivity index (χ3n) is 2.67. The summed E-state index contributed by atoms with van der Waals surface area (Å²) in [7, 11) is 2.64. The van der Waals surface area contributed by atoms with Crippen LogP contribution in [0.4, 0.5) is 0 Å². The molecular weight excluding hydrogens is 302 g/mol. The average Bonchev–Trinajstić information content (AvgIpc) is 2.44. The van der Waals surface area contributed by atoms with Crippen LogP contribution in [-0.2, 0) is 14.1 Å². The molecule has 1 aromatic heterocycles. The van der Waals surface area contributed by atoms with Gasteiger partial charge in [-0.2, -0.15) is 0 Å². The van der Waals surface area contributed by atoms with Gasteiger partial charge in [0.2, 0.25) is 0 Å². The van der Waals surface area contributed by atoms with Crippen molar-refractivity contribution in [3.05, 3.63) is 49.6 Å². The molecule has 0 aliphatic heterocycles. The molecule has 1 heterocycles. The van der Waals surface area contributed by atoms with Gasteiger partial charge in [-0.15, -0.1) is 5.10 Å². The lowest BCUT2D eigenvalue weighted by Gasteiger charge is -2.08. The molecule has 9 heteroatoms. The van der Waals surface area contributed by atoms with E-state index in [0.29, 0.717) is 0 Å². The molecule has 21 heavy (non-hydrogen) atoms. The number of rotatable bonds is 3. The minimum Gasteiger partial charge on any atom is -0.478 e. The zero-order valence-electron chi connectivity index (χ0n) is 11.0. The molecule has 110 valence electrons. The van der Waals surface area contributed by atoms with Crippen molar-refractivity contribution in [2.45, 2.75) is 0 Å². The first-order chi connectivity index (χ1) is 9.81. The minimum absolute atomic E-state index is 0.0381. The summed E-state index contributed by atoms with van der Waals surface area (Å²) in [6.07, 6.45) is 0. The van der Waals surface area contributed by atoms with E-state index >= 15 is 0 Å². The molecule has 0 atom stereocenters. The minimum atomic E-state index is -1.23. The smallest absolute Gasteiger partial charge is 0.347 e. The molecule has 0 saturated carbocycles. The number of carboxylic acid groups (broad SMARTS) is 1. The van der Waals surface area contributed by atoms with E-state index in [9.17, 15) is 14.4 Å². The van der Waals surface area contributed by atoms with Crippen LogP contribution in [0.25, 0.3) is 0 Å². The van der Waals surface area contributed by atoms with Gasteiger partial charge in [0.15, 0.2) is 0 Å². The molecule has 2 rings (SSSR count). The molecule has 0 aliphatic carbocycles. The van der Waals surface area contributed by atoms with Gasteiger partial charge in [0.05, 0.1) is 10.6 Å². The van der Waals surface area contributed by atoms with Gasteiger partial charge in [-0.25, -0.2) is 14.3 Å². The van der Waals surface area contributed by atoms with Crippen LogP contribution in [0.3, 0.4) is 0 Å². The van der Waals surface area contributed by atoms with Gasteiger partial charge < -0.3 is 9.84 Å². The predicted octanol–water partition coefficient (Wildman–Crippen LogP) is 0.623. The van der Waals surface area contributed by atoms with Gasteiger partial charge in [-0.05, 0) is 18.2 Å². The Morgan fingerprint density at radius 1 is 1.33 bits per heavy atom. The summed E-state index contributed by atoms with van der Waals surface area (Å²) in [5, 5.41) is 12.7. The quantitative estimate of drug-likeness (QED) is 0.891. The third-order valence-corrected chi connectivity index (χ3v) is 3.00. The molecule has 1 N–H and O–H groups in total. The number of aryl methyl sites for hydroxylation is 1. The number of carbonyl (C=O) groups is 1. The van der Waals surface area contributed by atoms with Crippen LogP contribution >= 0.6 is 11.6 Å². The highest BCUT2D eigenvalue weighted by atomic mass is 35.5. The number of carboxylic acids is 1. The number of hydrogen-bond donors (Lipinski definition) is 1. The standard InChI is InChI=1S/C12H10ClN3O5/c1-15-10(17)9(14-16(2)12(15)20)21-6-3-4-8(13)7(5-6)11(18)19/h3-5H,1-2H3,(H,18,19). The number of halogens is 1. The summed E-state index contributed by atoms with van der Waals surface area (Å²) in [6, 6.07) is 3.88. The van der Waals surface area contributed by atoms with Crippen LogP contribution in [0.5, 0.6) is 11.6 Å². The summed E-state index contributed by atoms with van der Waals surface area (Å²) in [5.74, 6) is -1.51. The Labute approximate surface area is 122 Å². The van der Waals surface area contributed by atoms with Gasteiger partial charge in [0, 0.05) is 14.1 Å². The lowest BCUT2D eigenvalue weighted by molar-refractivity contribution is 0.0696. The van der Waals surface area contributed by atoms with E-state index < -0.39 is 17.2 Å². The number of hydrogen-bond acceptors (Lipinski definition) is 5.